The zero-order valence-corrected chi connectivity index (χ0v) is 28.8. The SMILES string of the molecule is CC1C=CC=C2C1c1cccc3c1C2(c1ccccc1)c1ccccc1C31c2ccccc2-c2cccc(-c3ccc4oc5ccccc5c4c3)c21. The van der Waals surface area contributed by atoms with E-state index in [0.717, 1.165) is 21.9 Å². The van der Waals surface area contributed by atoms with Crippen LogP contribution in [0.4, 0.5) is 0 Å². The molecule has 1 heteroatoms. The summed E-state index contributed by atoms with van der Waals surface area (Å²) >= 11 is 0. The average molecular weight is 663 g/mol. The van der Waals surface area contributed by atoms with E-state index in [0.29, 0.717) is 11.8 Å². The van der Waals surface area contributed by atoms with Crippen LogP contribution < -0.4 is 0 Å². The van der Waals surface area contributed by atoms with Crippen molar-refractivity contribution < 1.29 is 4.42 Å². The maximum atomic E-state index is 6.32. The van der Waals surface area contributed by atoms with Crippen LogP contribution in [-0.4, -0.2) is 0 Å². The Bertz CT molecular complexity index is 2880. The zero-order valence-electron chi connectivity index (χ0n) is 28.8. The number of benzene rings is 7. The standard InChI is InChI=1S/C51H34O/c1-31-14-11-25-43-47(31)38-21-13-26-44-49(38)50(43,33-15-3-2-4-16-33)41-23-8-9-24-42(41)51(44)40-22-7-5-17-35(40)37-20-12-19-34(48(37)51)32-28-29-46-39(30-32)36-18-6-10-27-45(36)52-46/h2-31,47H,1H3. The van der Waals surface area contributed by atoms with Gasteiger partial charge in [0, 0.05) is 16.7 Å². The van der Waals surface area contributed by atoms with E-state index in [4.69, 9.17) is 4.42 Å². The first-order valence-electron chi connectivity index (χ1n) is 18.6. The van der Waals surface area contributed by atoms with Crippen LogP contribution >= 0.6 is 0 Å². The Morgan fingerprint density at radius 2 is 1.17 bits per heavy atom. The molecule has 4 atom stereocenters. The predicted octanol–water partition coefficient (Wildman–Crippen LogP) is 12.5. The van der Waals surface area contributed by atoms with Gasteiger partial charge in [0.2, 0.25) is 0 Å². The largest absolute Gasteiger partial charge is 0.456 e. The van der Waals surface area contributed by atoms with Gasteiger partial charge >= 0.3 is 0 Å². The van der Waals surface area contributed by atoms with Crippen molar-refractivity contribution in [3.8, 4) is 22.3 Å². The van der Waals surface area contributed by atoms with Gasteiger partial charge < -0.3 is 4.42 Å². The molecular formula is C51H34O. The van der Waals surface area contributed by atoms with Crippen molar-refractivity contribution in [1.82, 2.24) is 0 Å². The quantitative estimate of drug-likeness (QED) is 0.180. The monoisotopic (exact) mass is 662 g/mol. The van der Waals surface area contributed by atoms with Crippen LogP contribution in [0.25, 0.3) is 44.2 Å². The highest BCUT2D eigenvalue weighted by molar-refractivity contribution is 6.07. The van der Waals surface area contributed by atoms with Crippen molar-refractivity contribution in [2.24, 2.45) is 5.92 Å². The van der Waals surface area contributed by atoms with Gasteiger partial charge in [-0.2, -0.15) is 0 Å². The van der Waals surface area contributed by atoms with Gasteiger partial charge in [0.25, 0.3) is 0 Å². The van der Waals surface area contributed by atoms with Gasteiger partial charge in [-0.15, -0.1) is 0 Å². The Kier molecular flexibility index (Phi) is 5.48. The topological polar surface area (TPSA) is 13.1 Å². The van der Waals surface area contributed by atoms with Crippen LogP contribution in [-0.2, 0) is 10.8 Å². The first kappa shape index (κ1) is 28.5. The van der Waals surface area contributed by atoms with E-state index in [1.54, 1.807) is 0 Å². The van der Waals surface area contributed by atoms with Gasteiger partial charge in [-0.25, -0.2) is 0 Å². The third kappa shape index (κ3) is 3.23. The molecule has 1 nitrogen and oxygen atoms in total. The van der Waals surface area contributed by atoms with Crippen molar-refractivity contribution in [1.29, 1.82) is 0 Å². The minimum absolute atomic E-state index is 0.298. The van der Waals surface area contributed by atoms with Crippen molar-refractivity contribution in [2.75, 3.05) is 0 Å². The molecule has 244 valence electrons. The number of para-hydroxylation sites is 1. The van der Waals surface area contributed by atoms with E-state index in [9.17, 15) is 0 Å². The molecule has 0 bridgehead atoms. The van der Waals surface area contributed by atoms with Crippen LogP contribution in [0, 0.1) is 5.92 Å². The minimum Gasteiger partial charge on any atom is -0.456 e. The highest BCUT2D eigenvalue weighted by Gasteiger charge is 2.62. The van der Waals surface area contributed by atoms with Crippen molar-refractivity contribution >= 4 is 21.9 Å². The predicted molar refractivity (Wildman–Crippen MR) is 212 cm³/mol. The molecule has 7 aromatic carbocycles. The minimum atomic E-state index is -0.527. The van der Waals surface area contributed by atoms with Crippen LogP contribution in [0.5, 0.6) is 0 Å². The molecule has 1 spiro atoms. The molecule has 0 saturated heterocycles. The van der Waals surface area contributed by atoms with E-state index in [2.05, 4.69) is 177 Å². The van der Waals surface area contributed by atoms with Crippen molar-refractivity contribution in [3.63, 3.8) is 0 Å². The van der Waals surface area contributed by atoms with Crippen molar-refractivity contribution in [3.05, 3.63) is 226 Å². The molecule has 0 N–H and O–H groups in total. The van der Waals surface area contributed by atoms with Gasteiger partial charge in [-0.05, 0) is 96.5 Å². The Morgan fingerprint density at radius 3 is 2.06 bits per heavy atom. The fourth-order valence-corrected chi connectivity index (χ4v) is 11.1. The highest BCUT2D eigenvalue weighted by atomic mass is 16.3. The van der Waals surface area contributed by atoms with E-state index in [1.807, 2.05) is 6.07 Å². The lowest BCUT2D eigenvalue weighted by atomic mass is 9.52. The first-order chi connectivity index (χ1) is 25.7. The molecule has 0 radical (unpaired) electrons. The number of fused-ring (bicyclic) bond motifs is 15. The molecule has 0 amide bonds. The lowest BCUT2D eigenvalue weighted by Gasteiger charge is -2.49. The normalized spacial score (nSPS) is 22.9. The van der Waals surface area contributed by atoms with Crippen LogP contribution in [0.1, 0.15) is 57.3 Å². The third-order valence-electron chi connectivity index (χ3n) is 12.9. The third-order valence-corrected chi connectivity index (χ3v) is 12.9. The molecule has 8 aromatic rings. The molecule has 12 rings (SSSR count). The van der Waals surface area contributed by atoms with Crippen LogP contribution in [0.2, 0.25) is 0 Å². The summed E-state index contributed by atoms with van der Waals surface area (Å²) in [5.41, 5.74) is 18.7. The molecule has 4 aliphatic rings. The number of furan rings is 1. The highest BCUT2D eigenvalue weighted by Crippen LogP contribution is 2.71. The summed E-state index contributed by atoms with van der Waals surface area (Å²) in [6, 6.07) is 59.4. The van der Waals surface area contributed by atoms with E-state index < -0.39 is 10.8 Å². The molecule has 0 saturated carbocycles. The van der Waals surface area contributed by atoms with Gasteiger partial charge in [0.05, 0.1) is 10.8 Å². The molecule has 0 fully saturated rings. The van der Waals surface area contributed by atoms with Gasteiger partial charge in [0.15, 0.2) is 0 Å². The fourth-order valence-electron chi connectivity index (χ4n) is 11.1. The Morgan fingerprint density at radius 1 is 0.500 bits per heavy atom. The summed E-state index contributed by atoms with van der Waals surface area (Å²) in [5.74, 6) is 0.683. The summed E-state index contributed by atoms with van der Waals surface area (Å²) in [5, 5.41) is 2.31. The maximum absolute atomic E-state index is 6.32. The summed E-state index contributed by atoms with van der Waals surface area (Å²) in [7, 11) is 0. The van der Waals surface area contributed by atoms with Gasteiger partial charge in [-0.3, -0.25) is 0 Å². The van der Waals surface area contributed by atoms with E-state index >= 15 is 0 Å². The molecule has 52 heavy (non-hydrogen) atoms. The Hall–Kier alpha value is -6.18. The van der Waals surface area contributed by atoms with Crippen LogP contribution in [0.3, 0.4) is 0 Å². The number of allylic oxidation sites excluding steroid dienone is 4. The van der Waals surface area contributed by atoms with E-state index in [1.165, 1.54) is 72.3 Å². The van der Waals surface area contributed by atoms with Crippen molar-refractivity contribution in [2.45, 2.75) is 23.7 Å². The summed E-state index contributed by atoms with van der Waals surface area (Å²) in [6.45, 7) is 2.40. The summed E-state index contributed by atoms with van der Waals surface area (Å²) in [6.07, 6.45) is 7.16. The second kappa shape index (κ2) is 9.99. The van der Waals surface area contributed by atoms with Gasteiger partial charge in [0.1, 0.15) is 11.2 Å². The maximum Gasteiger partial charge on any atom is 0.135 e. The average Bonchev–Trinajstić information content (AvgIpc) is 3.84. The van der Waals surface area contributed by atoms with Crippen LogP contribution in [0.15, 0.2) is 186 Å². The Labute approximate surface area is 303 Å². The fraction of sp³-hybridized carbons (Fsp3) is 0.0980. The molecule has 1 heterocycles. The first-order valence-corrected chi connectivity index (χ1v) is 18.6. The Balaban J connectivity index is 1.26. The molecular weight excluding hydrogens is 629 g/mol. The molecule has 4 aliphatic carbocycles. The second-order valence-corrected chi connectivity index (χ2v) is 15.1. The summed E-state index contributed by atoms with van der Waals surface area (Å²) in [4.78, 5) is 0. The number of hydrogen-bond donors (Lipinski definition) is 0. The smallest absolute Gasteiger partial charge is 0.135 e. The lowest BCUT2D eigenvalue weighted by Crippen LogP contribution is -2.44. The number of rotatable bonds is 2. The number of hydrogen-bond acceptors (Lipinski definition) is 1. The molecule has 0 aliphatic heterocycles. The lowest BCUT2D eigenvalue weighted by molar-refractivity contribution is 0.570. The second-order valence-electron chi connectivity index (χ2n) is 15.1. The molecule has 1 aromatic heterocycles. The summed E-state index contributed by atoms with van der Waals surface area (Å²) < 4.78 is 6.32. The molecule has 4 unspecified atom stereocenters. The zero-order chi connectivity index (χ0) is 34.2. The van der Waals surface area contributed by atoms with Gasteiger partial charge in [-0.1, -0.05) is 165 Å². The van der Waals surface area contributed by atoms with E-state index in [-0.39, 0.29) is 0 Å².